The summed E-state index contributed by atoms with van der Waals surface area (Å²) in [6, 6.07) is 3.91. The molecule has 1 fully saturated rings. The Kier molecular flexibility index (Phi) is 4.95. The van der Waals surface area contributed by atoms with Gasteiger partial charge < -0.3 is 5.32 Å². The van der Waals surface area contributed by atoms with Gasteiger partial charge in [-0.1, -0.05) is 12.8 Å². The van der Waals surface area contributed by atoms with Crippen LogP contribution in [0.25, 0.3) is 11.1 Å². The molecule has 2 heterocycles. The molecule has 0 spiro atoms. The number of nitrogens with one attached hydrogen (secondary N) is 1. The van der Waals surface area contributed by atoms with Gasteiger partial charge >= 0.3 is 0 Å². The molecule has 0 aromatic carbocycles. The summed E-state index contributed by atoms with van der Waals surface area (Å²) < 4.78 is 0. The normalized spacial score (nSPS) is 14.8. The topological polar surface area (TPSA) is 67.8 Å². The maximum atomic E-state index is 12.1. The minimum absolute atomic E-state index is 0.193. The van der Waals surface area contributed by atoms with Gasteiger partial charge in [-0.3, -0.25) is 9.78 Å². The summed E-state index contributed by atoms with van der Waals surface area (Å²) in [5.41, 5.74) is 3.03. The molecule has 0 bridgehead atoms. The molecule has 3 rings (SSSR count). The van der Waals surface area contributed by atoms with Gasteiger partial charge in [0.05, 0.1) is 5.69 Å². The molecule has 1 amide bonds. The maximum Gasteiger partial charge on any atom is 0.223 e. The van der Waals surface area contributed by atoms with Crippen molar-refractivity contribution in [2.75, 3.05) is 6.54 Å². The van der Waals surface area contributed by atoms with E-state index >= 15 is 0 Å². The van der Waals surface area contributed by atoms with Crippen molar-refractivity contribution in [2.24, 2.45) is 5.92 Å². The van der Waals surface area contributed by atoms with Gasteiger partial charge in [-0.05, 0) is 37.5 Å². The zero-order valence-electron chi connectivity index (χ0n) is 13.5. The van der Waals surface area contributed by atoms with Crippen molar-refractivity contribution >= 4 is 5.91 Å². The monoisotopic (exact) mass is 310 g/mol. The third-order valence-corrected chi connectivity index (χ3v) is 4.37. The molecular weight excluding hydrogens is 288 g/mol. The first-order chi connectivity index (χ1) is 11.2. The maximum absolute atomic E-state index is 12.1. The van der Waals surface area contributed by atoms with E-state index in [1.807, 2.05) is 25.3 Å². The number of hydrogen-bond donors (Lipinski definition) is 1. The number of aryl methyl sites for hydroxylation is 1. The third-order valence-electron chi connectivity index (χ3n) is 4.37. The molecule has 1 aliphatic carbocycles. The lowest BCUT2D eigenvalue weighted by molar-refractivity contribution is -0.124. The number of hydrogen-bond acceptors (Lipinski definition) is 4. The zero-order chi connectivity index (χ0) is 16.1. The molecule has 0 unspecified atom stereocenters. The lowest BCUT2D eigenvalue weighted by atomic mass is 10.0. The van der Waals surface area contributed by atoms with Crippen LogP contribution in [0.5, 0.6) is 0 Å². The van der Waals surface area contributed by atoms with Gasteiger partial charge in [0.15, 0.2) is 0 Å². The van der Waals surface area contributed by atoms with E-state index in [1.165, 1.54) is 12.8 Å². The Bertz CT molecular complexity index is 666. The summed E-state index contributed by atoms with van der Waals surface area (Å²) in [6.07, 6.45) is 10.5. The lowest BCUT2D eigenvalue weighted by Gasteiger charge is -2.12. The van der Waals surface area contributed by atoms with E-state index in [2.05, 4.69) is 20.3 Å². The van der Waals surface area contributed by atoms with Crippen LogP contribution in [0.3, 0.4) is 0 Å². The smallest absolute Gasteiger partial charge is 0.223 e. The van der Waals surface area contributed by atoms with E-state index in [9.17, 15) is 4.79 Å². The highest BCUT2D eigenvalue weighted by atomic mass is 16.1. The van der Waals surface area contributed by atoms with E-state index in [-0.39, 0.29) is 11.8 Å². The number of aromatic nitrogens is 3. The SMILES string of the molecule is Cc1ncc(-c2ccncc2)c(CCNC(=O)C2CCCC2)n1. The quantitative estimate of drug-likeness (QED) is 0.922. The molecule has 2 aromatic rings. The Morgan fingerprint density at radius 2 is 2.00 bits per heavy atom. The van der Waals surface area contributed by atoms with Crippen LogP contribution < -0.4 is 5.32 Å². The van der Waals surface area contributed by atoms with Gasteiger partial charge in [-0.2, -0.15) is 0 Å². The molecule has 0 radical (unpaired) electrons. The molecule has 5 nitrogen and oxygen atoms in total. The second-order valence-electron chi connectivity index (χ2n) is 6.04. The molecule has 0 saturated heterocycles. The highest BCUT2D eigenvalue weighted by Gasteiger charge is 2.22. The van der Waals surface area contributed by atoms with Gasteiger partial charge in [-0.25, -0.2) is 9.97 Å². The Balaban J connectivity index is 1.67. The molecule has 120 valence electrons. The van der Waals surface area contributed by atoms with E-state index in [0.717, 1.165) is 35.5 Å². The summed E-state index contributed by atoms with van der Waals surface area (Å²) in [4.78, 5) is 25.0. The number of nitrogens with zero attached hydrogens (tertiary/aromatic N) is 3. The summed E-state index contributed by atoms with van der Waals surface area (Å²) in [7, 11) is 0. The summed E-state index contributed by atoms with van der Waals surface area (Å²) in [5, 5.41) is 3.06. The average molecular weight is 310 g/mol. The standard InChI is InChI=1S/C18H22N4O/c1-13-21-12-16(14-6-9-19-10-7-14)17(22-13)8-11-20-18(23)15-4-2-3-5-15/h6-7,9-10,12,15H,2-5,8,11H2,1H3,(H,20,23). The molecule has 1 saturated carbocycles. The van der Waals surface area contributed by atoms with Gasteiger partial charge in [-0.15, -0.1) is 0 Å². The summed E-state index contributed by atoms with van der Waals surface area (Å²) >= 11 is 0. The average Bonchev–Trinajstić information content (AvgIpc) is 3.10. The Morgan fingerprint density at radius 3 is 2.74 bits per heavy atom. The van der Waals surface area contributed by atoms with Crippen LogP contribution in [0.1, 0.15) is 37.2 Å². The van der Waals surface area contributed by atoms with E-state index in [0.29, 0.717) is 13.0 Å². The zero-order valence-corrected chi connectivity index (χ0v) is 13.5. The molecule has 0 atom stereocenters. The molecule has 5 heteroatoms. The first-order valence-electron chi connectivity index (χ1n) is 8.24. The predicted molar refractivity (Wildman–Crippen MR) is 88.7 cm³/mol. The molecule has 1 N–H and O–H groups in total. The van der Waals surface area contributed by atoms with Crippen molar-refractivity contribution < 1.29 is 4.79 Å². The predicted octanol–water partition coefficient (Wildman–Crippen LogP) is 2.70. The third kappa shape index (κ3) is 3.92. The van der Waals surface area contributed by atoms with Gasteiger partial charge in [0.2, 0.25) is 5.91 Å². The van der Waals surface area contributed by atoms with E-state index in [1.54, 1.807) is 12.4 Å². The first kappa shape index (κ1) is 15.6. The van der Waals surface area contributed by atoms with Crippen molar-refractivity contribution in [2.45, 2.75) is 39.0 Å². The first-order valence-corrected chi connectivity index (χ1v) is 8.24. The largest absolute Gasteiger partial charge is 0.355 e. The minimum atomic E-state index is 0.193. The van der Waals surface area contributed by atoms with Gasteiger partial charge in [0, 0.05) is 43.0 Å². The van der Waals surface area contributed by atoms with Crippen LogP contribution in [0.4, 0.5) is 0 Å². The van der Waals surface area contributed by atoms with Crippen LogP contribution in [-0.4, -0.2) is 27.4 Å². The van der Waals surface area contributed by atoms with Crippen LogP contribution in [0.15, 0.2) is 30.7 Å². The summed E-state index contributed by atoms with van der Waals surface area (Å²) in [6.45, 7) is 2.50. The van der Waals surface area contributed by atoms with Crippen molar-refractivity contribution in [3.63, 3.8) is 0 Å². The molecule has 1 aliphatic rings. The molecule has 23 heavy (non-hydrogen) atoms. The second-order valence-corrected chi connectivity index (χ2v) is 6.04. The van der Waals surface area contributed by atoms with Crippen LogP contribution >= 0.6 is 0 Å². The lowest BCUT2D eigenvalue weighted by Crippen LogP contribution is -2.31. The van der Waals surface area contributed by atoms with Gasteiger partial charge in [0.25, 0.3) is 0 Å². The second kappa shape index (κ2) is 7.31. The fourth-order valence-electron chi connectivity index (χ4n) is 3.12. The highest BCUT2D eigenvalue weighted by molar-refractivity contribution is 5.78. The number of rotatable bonds is 5. The van der Waals surface area contributed by atoms with Crippen LogP contribution in [0, 0.1) is 12.8 Å². The molecule has 2 aromatic heterocycles. The van der Waals surface area contributed by atoms with Crippen molar-refractivity contribution in [1.82, 2.24) is 20.3 Å². The Hall–Kier alpha value is -2.30. The minimum Gasteiger partial charge on any atom is -0.355 e. The van der Waals surface area contributed by atoms with Crippen molar-refractivity contribution in [1.29, 1.82) is 0 Å². The van der Waals surface area contributed by atoms with Crippen LogP contribution in [0.2, 0.25) is 0 Å². The van der Waals surface area contributed by atoms with E-state index < -0.39 is 0 Å². The number of pyridine rings is 1. The fourth-order valence-corrected chi connectivity index (χ4v) is 3.12. The number of carbonyl (C=O) groups excluding carboxylic acids is 1. The van der Waals surface area contributed by atoms with Gasteiger partial charge in [0.1, 0.15) is 5.82 Å². The number of carbonyl (C=O) groups is 1. The number of amides is 1. The van der Waals surface area contributed by atoms with Crippen molar-refractivity contribution in [3.8, 4) is 11.1 Å². The highest BCUT2D eigenvalue weighted by Crippen LogP contribution is 2.25. The molecule has 0 aliphatic heterocycles. The van der Waals surface area contributed by atoms with Crippen molar-refractivity contribution in [3.05, 3.63) is 42.2 Å². The Labute approximate surface area is 136 Å². The molecular formula is C18H22N4O. The fraction of sp³-hybridized carbons (Fsp3) is 0.444. The Morgan fingerprint density at radius 1 is 1.26 bits per heavy atom. The van der Waals surface area contributed by atoms with Crippen LogP contribution in [-0.2, 0) is 11.2 Å². The van der Waals surface area contributed by atoms with E-state index in [4.69, 9.17) is 0 Å². The summed E-state index contributed by atoms with van der Waals surface area (Å²) in [5.74, 6) is 1.15.